The molecule has 6 heteroatoms. The first-order valence-electron chi connectivity index (χ1n) is 5.87. The molecule has 0 bridgehead atoms. The van der Waals surface area contributed by atoms with Crippen LogP contribution in [-0.4, -0.2) is 23.0 Å². The minimum atomic E-state index is -0.982. The van der Waals surface area contributed by atoms with Gasteiger partial charge in [0.15, 0.2) is 0 Å². The highest BCUT2D eigenvalue weighted by atomic mass is 19.1. The summed E-state index contributed by atoms with van der Waals surface area (Å²) in [5, 5.41) is 11.8. The molecule has 1 atom stereocenters. The highest BCUT2D eigenvalue weighted by Crippen LogP contribution is 2.11. The van der Waals surface area contributed by atoms with Gasteiger partial charge in [-0.25, -0.2) is 4.39 Å². The lowest BCUT2D eigenvalue weighted by Crippen LogP contribution is -2.40. The van der Waals surface area contributed by atoms with E-state index in [9.17, 15) is 14.0 Å². The van der Waals surface area contributed by atoms with Gasteiger partial charge in [-0.2, -0.15) is 0 Å². The monoisotopic (exact) mass is 268 g/mol. The van der Waals surface area contributed by atoms with Crippen molar-refractivity contribution in [2.75, 3.05) is 0 Å². The minimum Gasteiger partial charge on any atom is -0.480 e. The van der Waals surface area contributed by atoms with Gasteiger partial charge in [0.05, 0.1) is 0 Å². The standard InChI is InChI=1S/C13H17FN2O3/c1-7(2)11(13(18)19)16-6-9-4-3-8(12(15)17)5-10(9)14/h3-5,7,11,16H,6H2,1-2H3,(H2,15,17)(H,18,19). The van der Waals surface area contributed by atoms with Gasteiger partial charge in [0.25, 0.3) is 0 Å². The second-order valence-electron chi connectivity index (χ2n) is 4.61. The third-order valence-electron chi connectivity index (χ3n) is 2.78. The van der Waals surface area contributed by atoms with E-state index >= 15 is 0 Å². The molecular weight excluding hydrogens is 251 g/mol. The van der Waals surface area contributed by atoms with Gasteiger partial charge >= 0.3 is 5.97 Å². The fourth-order valence-corrected chi connectivity index (χ4v) is 1.67. The maximum absolute atomic E-state index is 13.7. The van der Waals surface area contributed by atoms with E-state index in [0.717, 1.165) is 6.07 Å². The van der Waals surface area contributed by atoms with Crippen LogP contribution in [0.5, 0.6) is 0 Å². The second kappa shape index (κ2) is 6.29. The van der Waals surface area contributed by atoms with E-state index in [2.05, 4.69) is 5.32 Å². The molecule has 1 aromatic rings. The molecule has 0 fully saturated rings. The number of carbonyl (C=O) groups is 2. The molecule has 0 radical (unpaired) electrons. The third kappa shape index (κ3) is 4.03. The van der Waals surface area contributed by atoms with E-state index in [0.29, 0.717) is 0 Å². The molecule has 0 heterocycles. The summed E-state index contributed by atoms with van der Waals surface area (Å²) in [6.45, 7) is 3.59. The molecule has 0 saturated carbocycles. The Bertz CT molecular complexity index is 489. The van der Waals surface area contributed by atoms with Crippen LogP contribution in [0.15, 0.2) is 18.2 Å². The van der Waals surface area contributed by atoms with Crippen LogP contribution in [0, 0.1) is 11.7 Å². The van der Waals surface area contributed by atoms with Crippen molar-refractivity contribution >= 4 is 11.9 Å². The summed E-state index contributed by atoms with van der Waals surface area (Å²) in [4.78, 5) is 21.8. The number of primary amides is 1. The van der Waals surface area contributed by atoms with Gasteiger partial charge < -0.3 is 10.8 Å². The number of rotatable bonds is 6. The Balaban J connectivity index is 2.78. The SMILES string of the molecule is CC(C)C(NCc1ccc(C(N)=O)cc1F)C(=O)O. The molecule has 19 heavy (non-hydrogen) atoms. The summed E-state index contributed by atoms with van der Waals surface area (Å²) in [6, 6.07) is 3.12. The Labute approximate surface area is 110 Å². The first-order chi connectivity index (χ1) is 8.82. The lowest BCUT2D eigenvalue weighted by Gasteiger charge is -2.18. The predicted molar refractivity (Wildman–Crippen MR) is 68.0 cm³/mol. The highest BCUT2D eigenvalue weighted by molar-refractivity contribution is 5.92. The predicted octanol–water partition coefficient (Wildman–Crippen LogP) is 1.12. The Hall–Kier alpha value is -1.95. The molecule has 0 saturated heterocycles. The summed E-state index contributed by atoms with van der Waals surface area (Å²) >= 11 is 0. The van der Waals surface area contributed by atoms with E-state index in [-0.39, 0.29) is 23.6 Å². The Morgan fingerprint density at radius 1 is 1.42 bits per heavy atom. The maximum atomic E-state index is 13.7. The van der Waals surface area contributed by atoms with E-state index in [4.69, 9.17) is 10.8 Å². The number of hydrogen-bond donors (Lipinski definition) is 3. The molecule has 0 aromatic heterocycles. The van der Waals surface area contributed by atoms with Crippen molar-refractivity contribution in [1.29, 1.82) is 0 Å². The van der Waals surface area contributed by atoms with E-state index < -0.39 is 23.7 Å². The molecular formula is C13H17FN2O3. The summed E-state index contributed by atoms with van der Waals surface area (Å²) < 4.78 is 13.7. The minimum absolute atomic E-state index is 0.0695. The maximum Gasteiger partial charge on any atom is 0.320 e. The first-order valence-corrected chi connectivity index (χ1v) is 5.87. The summed E-state index contributed by atoms with van der Waals surface area (Å²) in [5.74, 6) is -2.39. The first kappa shape index (κ1) is 15.1. The molecule has 1 amide bonds. The molecule has 0 aliphatic rings. The van der Waals surface area contributed by atoms with Gasteiger partial charge in [-0.15, -0.1) is 0 Å². The highest BCUT2D eigenvalue weighted by Gasteiger charge is 2.21. The number of hydrogen-bond acceptors (Lipinski definition) is 3. The molecule has 4 N–H and O–H groups in total. The van der Waals surface area contributed by atoms with Crippen molar-refractivity contribution < 1.29 is 19.1 Å². The van der Waals surface area contributed by atoms with Gasteiger partial charge in [0, 0.05) is 17.7 Å². The fourth-order valence-electron chi connectivity index (χ4n) is 1.67. The zero-order valence-corrected chi connectivity index (χ0v) is 10.8. The summed E-state index contributed by atoms with van der Waals surface area (Å²) in [5.41, 5.74) is 5.41. The van der Waals surface area contributed by atoms with Crippen LogP contribution in [0.25, 0.3) is 0 Å². The Morgan fingerprint density at radius 3 is 2.47 bits per heavy atom. The van der Waals surface area contributed by atoms with Gasteiger partial charge in [0.2, 0.25) is 5.91 Å². The normalized spacial score (nSPS) is 12.4. The van der Waals surface area contributed by atoms with Crippen LogP contribution in [0.1, 0.15) is 29.8 Å². The zero-order chi connectivity index (χ0) is 14.6. The number of carbonyl (C=O) groups excluding carboxylic acids is 1. The van der Waals surface area contributed by atoms with Gasteiger partial charge in [-0.1, -0.05) is 19.9 Å². The number of benzene rings is 1. The smallest absolute Gasteiger partial charge is 0.320 e. The van der Waals surface area contributed by atoms with Crippen LogP contribution < -0.4 is 11.1 Å². The zero-order valence-electron chi connectivity index (χ0n) is 10.8. The van der Waals surface area contributed by atoms with Crippen molar-refractivity contribution in [3.8, 4) is 0 Å². The quantitative estimate of drug-likeness (QED) is 0.721. The lowest BCUT2D eigenvalue weighted by atomic mass is 10.0. The third-order valence-corrected chi connectivity index (χ3v) is 2.78. The molecule has 0 spiro atoms. The number of amides is 1. The number of nitrogens with one attached hydrogen (secondary N) is 1. The number of carboxylic acid groups (broad SMARTS) is 1. The van der Waals surface area contributed by atoms with Gasteiger partial charge in [0.1, 0.15) is 11.9 Å². The van der Waals surface area contributed by atoms with Crippen LogP contribution in [0.3, 0.4) is 0 Å². The van der Waals surface area contributed by atoms with Crippen molar-refractivity contribution in [2.45, 2.75) is 26.4 Å². The second-order valence-corrected chi connectivity index (χ2v) is 4.61. The van der Waals surface area contributed by atoms with Crippen LogP contribution >= 0.6 is 0 Å². The fraction of sp³-hybridized carbons (Fsp3) is 0.385. The molecule has 1 rings (SSSR count). The molecule has 104 valence electrons. The van der Waals surface area contributed by atoms with Gasteiger partial charge in [-0.05, 0) is 18.1 Å². The largest absolute Gasteiger partial charge is 0.480 e. The molecule has 1 unspecified atom stereocenters. The van der Waals surface area contributed by atoms with E-state index in [1.54, 1.807) is 13.8 Å². The van der Waals surface area contributed by atoms with E-state index in [1.165, 1.54) is 12.1 Å². The average molecular weight is 268 g/mol. The van der Waals surface area contributed by atoms with Crippen molar-refractivity contribution in [3.63, 3.8) is 0 Å². The van der Waals surface area contributed by atoms with Crippen molar-refractivity contribution in [3.05, 3.63) is 35.1 Å². The molecule has 0 aliphatic heterocycles. The van der Waals surface area contributed by atoms with Crippen molar-refractivity contribution in [2.24, 2.45) is 11.7 Å². The average Bonchev–Trinajstić information content (AvgIpc) is 2.29. The van der Waals surface area contributed by atoms with Crippen LogP contribution in [-0.2, 0) is 11.3 Å². The summed E-state index contributed by atoms with van der Waals surface area (Å²) in [7, 11) is 0. The number of nitrogens with two attached hydrogens (primary N) is 1. The Kier molecular flexibility index (Phi) is 5.00. The molecule has 0 aliphatic carbocycles. The van der Waals surface area contributed by atoms with Crippen LogP contribution in [0.4, 0.5) is 4.39 Å². The number of halogens is 1. The number of aliphatic carboxylic acids is 1. The Morgan fingerprint density at radius 2 is 2.05 bits per heavy atom. The van der Waals surface area contributed by atoms with Crippen LogP contribution in [0.2, 0.25) is 0 Å². The molecule has 5 nitrogen and oxygen atoms in total. The molecule has 1 aromatic carbocycles. The lowest BCUT2D eigenvalue weighted by molar-refractivity contribution is -0.140. The van der Waals surface area contributed by atoms with Crippen molar-refractivity contribution in [1.82, 2.24) is 5.32 Å². The summed E-state index contributed by atoms with van der Waals surface area (Å²) in [6.07, 6.45) is 0. The number of carboxylic acids is 1. The van der Waals surface area contributed by atoms with E-state index in [1.807, 2.05) is 0 Å². The van der Waals surface area contributed by atoms with Gasteiger partial charge in [-0.3, -0.25) is 14.9 Å². The topological polar surface area (TPSA) is 92.4 Å².